The quantitative estimate of drug-likeness (QED) is 0.479. The number of carbonyl (C=O) groups excluding carboxylic acids is 3. The van der Waals surface area contributed by atoms with E-state index in [1.54, 1.807) is 25.1 Å². The minimum Gasteiger partial charge on any atom is -0.334 e. The fourth-order valence-corrected chi connectivity index (χ4v) is 2.82. The van der Waals surface area contributed by atoms with Crippen LogP contribution in [-0.2, 0) is 14.4 Å². The number of halogens is 1. The lowest BCUT2D eigenvalue weighted by molar-refractivity contribution is -0.146. The van der Waals surface area contributed by atoms with Gasteiger partial charge in [0.2, 0.25) is 5.91 Å². The molecule has 1 aliphatic rings. The number of hydrogen-bond donors (Lipinski definition) is 2. The fourth-order valence-electron chi connectivity index (χ4n) is 2.64. The van der Waals surface area contributed by atoms with Crippen LogP contribution in [0.5, 0.6) is 0 Å². The number of nitrogens with zero attached hydrogens (tertiary/aromatic N) is 2. The number of amides is 3. The monoisotopic (exact) mass is 378 g/mol. The highest BCUT2D eigenvalue weighted by molar-refractivity contribution is 6.35. The molecule has 1 heterocycles. The average Bonchev–Trinajstić information content (AvgIpc) is 2.63. The number of hydrazone groups is 1. The molecule has 0 radical (unpaired) electrons. The molecule has 26 heavy (non-hydrogen) atoms. The molecule has 0 saturated carbocycles. The van der Waals surface area contributed by atoms with Crippen molar-refractivity contribution < 1.29 is 14.4 Å². The first kappa shape index (κ1) is 19.9. The molecule has 1 aliphatic heterocycles. The standard InChI is InChI=1S/C18H23ClN4O3/c1-12(11-16(24)20-15-8-6-7-14(19)13(15)2)21-22-17(25)18(26)23-9-4-3-5-10-23/h6-8H,3-5,9-11H2,1-2H3,(H,20,24)(H,22,25)/b21-12+. The first-order chi connectivity index (χ1) is 12.4. The Balaban J connectivity index is 1.85. The summed E-state index contributed by atoms with van der Waals surface area (Å²) in [6, 6.07) is 5.25. The minimum absolute atomic E-state index is 0.00978. The van der Waals surface area contributed by atoms with E-state index < -0.39 is 11.8 Å². The zero-order chi connectivity index (χ0) is 19.1. The maximum Gasteiger partial charge on any atom is 0.329 e. The normalized spacial score (nSPS) is 14.7. The summed E-state index contributed by atoms with van der Waals surface area (Å²) < 4.78 is 0. The zero-order valence-corrected chi connectivity index (χ0v) is 15.7. The molecule has 0 unspecified atom stereocenters. The maximum atomic E-state index is 12.1. The van der Waals surface area contributed by atoms with E-state index in [0.29, 0.717) is 29.5 Å². The van der Waals surface area contributed by atoms with Gasteiger partial charge in [0.25, 0.3) is 0 Å². The molecule has 1 aromatic carbocycles. The van der Waals surface area contributed by atoms with E-state index in [-0.39, 0.29) is 12.3 Å². The number of nitrogens with one attached hydrogen (secondary N) is 2. The molecule has 0 bridgehead atoms. The van der Waals surface area contributed by atoms with Gasteiger partial charge in [0.05, 0.1) is 6.42 Å². The number of hydrogen-bond acceptors (Lipinski definition) is 4. The van der Waals surface area contributed by atoms with Crippen molar-refractivity contribution in [3.05, 3.63) is 28.8 Å². The largest absolute Gasteiger partial charge is 0.334 e. The van der Waals surface area contributed by atoms with Crippen LogP contribution in [0, 0.1) is 6.92 Å². The van der Waals surface area contributed by atoms with Crippen molar-refractivity contribution in [2.75, 3.05) is 18.4 Å². The van der Waals surface area contributed by atoms with Gasteiger partial charge in [0, 0.05) is 29.5 Å². The molecule has 8 heteroatoms. The molecule has 0 atom stereocenters. The van der Waals surface area contributed by atoms with E-state index in [4.69, 9.17) is 11.6 Å². The molecular weight excluding hydrogens is 356 g/mol. The van der Waals surface area contributed by atoms with Crippen molar-refractivity contribution in [1.82, 2.24) is 10.3 Å². The summed E-state index contributed by atoms with van der Waals surface area (Å²) in [6.45, 7) is 4.61. The molecule has 3 amide bonds. The Labute approximate surface area is 157 Å². The van der Waals surface area contributed by atoms with Crippen LogP contribution < -0.4 is 10.7 Å². The second-order valence-corrected chi connectivity index (χ2v) is 6.69. The van der Waals surface area contributed by atoms with E-state index in [1.807, 2.05) is 6.92 Å². The average molecular weight is 379 g/mol. The topological polar surface area (TPSA) is 90.9 Å². The number of benzene rings is 1. The fraction of sp³-hybridized carbons (Fsp3) is 0.444. The van der Waals surface area contributed by atoms with Crippen molar-refractivity contribution in [1.29, 1.82) is 0 Å². The molecule has 2 N–H and O–H groups in total. The number of piperidine rings is 1. The predicted octanol–water partition coefficient (Wildman–Crippen LogP) is 2.48. The lowest BCUT2D eigenvalue weighted by atomic mass is 10.1. The molecule has 7 nitrogen and oxygen atoms in total. The Morgan fingerprint density at radius 1 is 1.19 bits per heavy atom. The molecule has 0 aliphatic carbocycles. The molecule has 0 aromatic heterocycles. The van der Waals surface area contributed by atoms with Crippen molar-refractivity contribution >= 4 is 40.7 Å². The van der Waals surface area contributed by atoms with Gasteiger partial charge in [-0.1, -0.05) is 17.7 Å². The van der Waals surface area contributed by atoms with Gasteiger partial charge >= 0.3 is 11.8 Å². The van der Waals surface area contributed by atoms with Gasteiger partial charge in [-0.05, 0) is 50.8 Å². The summed E-state index contributed by atoms with van der Waals surface area (Å²) in [5.41, 5.74) is 4.02. The summed E-state index contributed by atoms with van der Waals surface area (Å²) in [4.78, 5) is 37.5. The van der Waals surface area contributed by atoms with E-state index >= 15 is 0 Å². The highest BCUT2D eigenvalue weighted by Crippen LogP contribution is 2.22. The van der Waals surface area contributed by atoms with Crippen molar-refractivity contribution in [2.24, 2.45) is 5.10 Å². The van der Waals surface area contributed by atoms with Gasteiger partial charge in [-0.2, -0.15) is 5.10 Å². The van der Waals surface area contributed by atoms with E-state index in [9.17, 15) is 14.4 Å². The molecule has 1 fully saturated rings. The van der Waals surface area contributed by atoms with Crippen LogP contribution >= 0.6 is 11.6 Å². The molecule has 1 saturated heterocycles. The summed E-state index contributed by atoms with van der Waals surface area (Å²) >= 11 is 6.02. The van der Waals surface area contributed by atoms with Gasteiger partial charge < -0.3 is 10.2 Å². The maximum absolute atomic E-state index is 12.1. The molecule has 1 aromatic rings. The summed E-state index contributed by atoms with van der Waals surface area (Å²) in [7, 11) is 0. The molecule has 0 spiro atoms. The van der Waals surface area contributed by atoms with Crippen molar-refractivity contribution in [3.63, 3.8) is 0 Å². The van der Waals surface area contributed by atoms with E-state index in [2.05, 4.69) is 15.8 Å². The Morgan fingerprint density at radius 3 is 2.58 bits per heavy atom. The summed E-state index contributed by atoms with van der Waals surface area (Å²) in [6.07, 6.45) is 2.88. The number of anilines is 1. The van der Waals surface area contributed by atoms with E-state index in [0.717, 1.165) is 24.8 Å². The number of rotatable bonds is 4. The van der Waals surface area contributed by atoms with Crippen molar-refractivity contribution in [2.45, 2.75) is 39.5 Å². The summed E-state index contributed by atoms with van der Waals surface area (Å²) in [5.74, 6) is -1.65. The third kappa shape index (κ3) is 5.56. The highest BCUT2D eigenvalue weighted by atomic mass is 35.5. The lowest BCUT2D eigenvalue weighted by Gasteiger charge is -2.25. The predicted molar refractivity (Wildman–Crippen MR) is 101 cm³/mol. The van der Waals surface area contributed by atoms with Crippen LogP contribution in [0.25, 0.3) is 0 Å². The molecule has 2 rings (SSSR count). The third-order valence-corrected chi connectivity index (χ3v) is 4.55. The van der Waals surface area contributed by atoms with E-state index in [1.165, 1.54) is 4.90 Å². The second-order valence-electron chi connectivity index (χ2n) is 6.28. The van der Waals surface area contributed by atoms with Crippen LogP contribution in [0.4, 0.5) is 5.69 Å². The lowest BCUT2D eigenvalue weighted by Crippen LogP contribution is -2.44. The van der Waals surface area contributed by atoms with Crippen LogP contribution in [0.15, 0.2) is 23.3 Å². The summed E-state index contributed by atoms with van der Waals surface area (Å²) in [5, 5.41) is 7.16. The van der Waals surface area contributed by atoms with Crippen LogP contribution in [0.1, 0.15) is 38.2 Å². The first-order valence-electron chi connectivity index (χ1n) is 8.56. The smallest absolute Gasteiger partial charge is 0.329 e. The van der Waals surface area contributed by atoms with Crippen LogP contribution in [0.2, 0.25) is 5.02 Å². The Bertz CT molecular complexity index is 727. The SMILES string of the molecule is C/C(CC(=O)Nc1cccc(Cl)c1C)=N\NC(=O)C(=O)N1CCCCC1. The Hall–Kier alpha value is -2.41. The number of carbonyl (C=O) groups is 3. The second kappa shape index (κ2) is 9.33. The molecular formula is C18H23ClN4O3. The first-order valence-corrected chi connectivity index (χ1v) is 8.93. The Morgan fingerprint density at radius 2 is 1.88 bits per heavy atom. The van der Waals surface area contributed by atoms with Gasteiger partial charge in [-0.3, -0.25) is 14.4 Å². The van der Waals surface area contributed by atoms with Crippen molar-refractivity contribution in [3.8, 4) is 0 Å². The highest BCUT2D eigenvalue weighted by Gasteiger charge is 2.23. The van der Waals surface area contributed by atoms with Crippen LogP contribution in [-0.4, -0.2) is 41.4 Å². The molecule has 140 valence electrons. The van der Waals surface area contributed by atoms with Crippen LogP contribution in [0.3, 0.4) is 0 Å². The van der Waals surface area contributed by atoms with Gasteiger partial charge in [-0.25, -0.2) is 5.43 Å². The van der Waals surface area contributed by atoms with Gasteiger partial charge in [0.15, 0.2) is 0 Å². The number of likely N-dealkylation sites (tertiary alicyclic amines) is 1. The zero-order valence-electron chi connectivity index (χ0n) is 15.0. The third-order valence-electron chi connectivity index (χ3n) is 4.14. The van der Waals surface area contributed by atoms with Gasteiger partial charge in [-0.15, -0.1) is 0 Å². The van der Waals surface area contributed by atoms with Gasteiger partial charge in [0.1, 0.15) is 0 Å². The Kier molecular flexibility index (Phi) is 7.15. The minimum atomic E-state index is -0.780.